The van der Waals surface area contributed by atoms with Crippen molar-refractivity contribution in [1.29, 1.82) is 0 Å². The summed E-state index contributed by atoms with van der Waals surface area (Å²) >= 11 is 0. The number of carboxylic acids is 1. The molecule has 0 saturated heterocycles. The molecule has 4 aromatic rings. The number of benzene rings is 3. The molecular formula is C28H30ClN3O3. The first-order valence-electron chi connectivity index (χ1n) is 11.5. The summed E-state index contributed by atoms with van der Waals surface area (Å²) in [7, 11) is 0. The molecule has 0 fully saturated rings. The fourth-order valence-electron chi connectivity index (χ4n) is 4.17. The lowest BCUT2D eigenvalue weighted by atomic mass is 9.94. The fraction of sp³-hybridized carbons (Fsp3) is 0.250. The van der Waals surface area contributed by atoms with Gasteiger partial charge in [-0.1, -0.05) is 61.5 Å². The Balaban J connectivity index is 0.00000342. The summed E-state index contributed by atoms with van der Waals surface area (Å²) in [6, 6.07) is 23.6. The molecule has 4 rings (SSSR count). The number of hydrogen-bond acceptors (Lipinski definition) is 5. The van der Waals surface area contributed by atoms with Crippen LogP contribution in [0.5, 0.6) is 0 Å². The monoisotopic (exact) mass is 491 g/mol. The van der Waals surface area contributed by atoms with Crippen molar-refractivity contribution < 1.29 is 14.3 Å². The third-order valence-corrected chi connectivity index (χ3v) is 6.15. The van der Waals surface area contributed by atoms with Gasteiger partial charge in [0.2, 0.25) is 11.8 Å². The largest absolute Gasteiger partial charge is 0.480 e. The Morgan fingerprint density at radius 1 is 0.943 bits per heavy atom. The Kier molecular flexibility index (Phi) is 8.79. The Bertz CT molecular complexity index is 1270. The van der Waals surface area contributed by atoms with E-state index in [0.29, 0.717) is 18.2 Å². The van der Waals surface area contributed by atoms with Gasteiger partial charge >= 0.3 is 5.97 Å². The van der Waals surface area contributed by atoms with Gasteiger partial charge < -0.3 is 15.3 Å². The first-order chi connectivity index (χ1) is 16.4. The molecule has 3 N–H and O–H groups in total. The molecule has 1 heterocycles. The third kappa shape index (κ3) is 6.35. The average molecular weight is 492 g/mol. The molecule has 35 heavy (non-hydrogen) atoms. The number of aryl methyl sites for hydroxylation is 1. The van der Waals surface area contributed by atoms with Crippen LogP contribution in [0.1, 0.15) is 30.9 Å². The molecule has 1 aromatic heterocycles. The molecule has 0 saturated carbocycles. The molecule has 7 heteroatoms. The molecule has 0 aliphatic heterocycles. The van der Waals surface area contributed by atoms with E-state index in [0.717, 1.165) is 46.2 Å². The van der Waals surface area contributed by atoms with Gasteiger partial charge in [0, 0.05) is 11.1 Å². The van der Waals surface area contributed by atoms with Crippen LogP contribution in [0.4, 0.5) is 0 Å². The van der Waals surface area contributed by atoms with Gasteiger partial charge in [0.25, 0.3) is 0 Å². The molecule has 0 amide bonds. The van der Waals surface area contributed by atoms with Crippen molar-refractivity contribution in [2.24, 2.45) is 11.7 Å². The molecule has 1 unspecified atom stereocenters. The van der Waals surface area contributed by atoms with Crippen molar-refractivity contribution in [3.63, 3.8) is 0 Å². The summed E-state index contributed by atoms with van der Waals surface area (Å²) < 4.78 is 6.08. The zero-order valence-electron chi connectivity index (χ0n) is 19.8. The molecule has 3 aromatic carbocycles. The van der Waals surface area contributed by atoms with Gasteiger partial charge in [-0.05, 0) is 72.6 Å². The third-order valence-electron chi connectivity index (χ3n) is 6.15. The van der Waals surface area contributed by atoms with Crippen LogP contribution in [0.3, 0.4) is 0 Å². The number of nitrogens with two attached hydrogens (primary N) is 1. The first kappa shape index (κ1) is 26.1. The Morgan fingerprint density at radius 3 is 2.34 bits per heavy atom. The van der Waals surface area contributed by atoms with E-state index >= 15 is 0 Å². The highest BCUT2D eigenvalue weighted by Gasteiger charge is 2.17. The van der Waals surface area contributed by atoms with Crippen LogP contribution in [0.25, 0.3) is 34.0 Å². The number of carboxylic acid groups (broad SMARTS) is 1. The lowest BCUT2D eigenvalue weighted by Gasteiger charge is -2.14. The highest BCUT2D eigenvalue weighted by atomic mass is 35.5. The van der Waals surface area contributed by atoms with Gasteiger partial charge in [0.05, 0.1) is 0 Å². The highest BCUT2D eigenvalue weighted by Crippen LogP contribution is 2.32. The van der Waals surface area contributed by atoms with Crippen LogP contribution in [0.15, 0.2) is 77.2 Å². The average Bonchev–Trinajstić information content (AvgIpc) is 3.34. The molecule has 0 aliphatic carbocycles. The number of rotatable bonds is 9. The van der Waals surface area contributed by atoms with Crippen molar-refractivity contribution in [2.45, 2.75) is 39.2 Å². The van der Waals surface area contributed by atoms with E-state index in [-0.39, 0.29) is 18.3 Å². The van der Waals surface area contributed by atoms with Gasteiger partial charge in [-0.15, -0.1) is 22.6 Å². The van der Waals surface area contributed by atoms with Gasteiger partial charge in [0.15, 0.2) is 0 Å². The predicted molar refractivity (Wildman–Crippen MR) is 140 cm³/mol. The Labute approximate surface area is 211 Å². The second-order valence-corrected chi connectivity index (χ2v) is 8.78. The number of carbonyl (C=O) groups is 1. The second kappa shape index (κ2) is 11.8. The standard InChI is InChI=1S/C28H29N3O3.ClH/c1-18(16-25(29)28(32)33)14-15-20-8-6-11-22(17-20)26-30-31-27(34-26)24-13-7-12-23(19(24)2)21-9-4-3-5-10-21;/h3-13,17-18,25H,14-16,29H2,1-2H3,(H,32,33);1H/t18?,25-;/m0./s1. The van der Waals surface area contributed by atoms with E-state index in [4.69, 9.17) is 15.3 Å². The number of halogens is 1. The van der Waals surface area contributed by atoms with E-state index in [1.165, 1.54) is 0 Å². The molecule has 0 aliphatic rings. The van der Waals surface area contributed by atoms with Crippen molar-refractivity contribution in [3.8, 4) is 34.0 Å². The van der Waals surface area contributed by atoms with Gasteiger partial charge in [-0.2, -0.15) is 0 Å². The molecule has 0 radical (unpaired) electrons. The second-order valence-electron chi connectivity index (χ2n) is 8.78. The van der Waals surface area contributed by atoms with Crippen LogP contribution in [-0.4, -0.2) is 27.3 Å². The van der Waals surface area contributed by atoms with Crippen molar-refractivity contribution in [3.05, 3.63) is 83.9 Å². The summed E-state index contributed by atoms with van der Waals surface area (Å²) in [4.78, 5) is 11.0. The van der Waals surface area contributed by atoms with Crippen LogP contribution in [0.2, 0.25) is 0 Å². The lowest BCUT2D eigenvalue weighted by Crippen LogP contribution is -2.31. The minimum Gasteiger partial charge on any atom is -0.480 e. The van der Waals surface area contributed by atoms with Crippen molar-refractivity contribution in [1.82, 2.24) is 10.2 Å². The molecule has 6 nitrogen and oxygen atoms in total. The maximum atomic E-state index is 11.0. The van der Waals surface area contributed by atoms with Crippen molar-refractivity contribution >= 4 is 18.4 Å². The van der Waals surface area contributed by atoms with E-state index < -0.39 is 12.0 Å². The van der Waals surface area contributed by atoms with Crippen LogP contribution in [-0.2, 0) is 11.2 Å². The maximum Gasteiger partial charge on any atom is 0.320 e. The molecule has 182 valence electrons. The molecule has 0 spiro atoms. The number of hydrogen-bond donors (Lipinski definition) is 2. The van der Waals surface area contributed by atoms with E-state index in [1.54, 1.807) is 0 Å². The smallest absolute Gasteiger partial charge is 0.320 e. The Morgan fingerprint density at radius 2 is 1.60 bits per heavy atom. The molecule has 2 atom stereocenters. The maximum absolute atomic E-state index is 11.0. The quantitative estimate of drug-likeness (QED) is 0.290. The van der Waals surface area contributed by atoms with Crippen LogP contribution in [0, 0.1) is 12.8 Å². The summed E-state index contributed by atoms with van der Waals surface area (Å²) in [5, 5.41) is 17.6. The molecular weight excluding hydrogens is 462 g/mol. The van der Waals surface area contributed by atoms with Gasteiger partial charge in [-0.3, -0.25) is 4.79 Å². The van der Waals surface area contributed by atoms with Crippen LogP contribution >= 0.6 is 12.4 Å². The number of aliphatic carboxylic acids is 1. The predicted octanol–water partition coefficient (Wildman–Crippen LogP) is 6.17. The van der Waals surface area contributed by atoms with E-state index in [2.05, 4.69) is 41.4 Å². The summed E-state index contributed by atoms with van der Waals surface area (Å²) in [6.45, 7) is 4.10. The summed E-state index contributed by atoms with van der Waals surface area (Å²) in [6.07, 6.45) is 2.13. The zero-order valence-corrected chi connectivity index (χ0v) is 20.7. The van der Waals surface area contributed by atoms with E-state index in [1.807, 2.05) is 55.5 Å². The highest BCUT2D eigenvalue weighted by molar-refractivity contribution is 5.85. The fourth-order valence-corrected chi connectivity index (χ4v) is 4.17. The summed E-state index contributed by atoms with van der Waals surface area (Å²) in [5.74, 6) is 0.226. The minimum absolute atomic E-state index is 0. The van der Waals surface area contributed by atoms with Crippen molar-refractivity contribution in [2.75, 3.05) is 0 Å². The normalized spacial score (nSPS) is 12.5. The van der Waals surface area contributed by atoms with Gasteiger partial charge in [0.1, 0.15) is 6.04 Å². The topological polar surface area (TPSA) is 102 Å². The number of aromatic nitrogens is 2. The van der Waals surface area contributed by atoms with Gasteiger partial charge in [-0.25, -0.2) is 0 Å². The SMILES string of the molecule is Cc1c(-c2ccccc2)cccc1-c1nnc(-c2cccc(CCC(C)C[C@H](N)C(=O)O)c2)o1.Cl. The first-order valence-corrected chi connectivity index (χ1v) is 11.5. The summed E-state index contributed by atoms with van der Waals surface area (Å²) in [5.41, 5.74) is 11.9. The van der Waals surface area contributed by atoms with E-state index in [9.17, 15) is 4.79 Å². The zero-order chi connectivity index (χ0) is 24.1. The number of nitrogens with zero attached hydrogens (tertiary/aromatic N) is 2. The lowest BCUT2D eigenvalue weighted by molar-refractivity contribution is -0.138. The minimum atomic E-state index is -0.953. The Hall–Kier alpha value is -3.48. The van der Waals surface area contributed by atoms with Crippen LogP contribution < -0.4 is 5.73 Å². The molecule has 0 bridgehead atoms.